The molecule has 0 aliphatic heterocycles. The third-order valence-corrected chi connectivity index (χ3v) is 4.70. The number of halogens is 1. The van der Waals surface area contributed by atoms with Crippen LogP contribution in [0.1, 0.15) is 4.88 Å². The van der Waals surface area contributed by atoms with Crippen LogP contribution in [-0.2, 0) is 0 Å². The minimum atomic E-state index is 0.517. The van der Waals surface area contributed by atoms with Gasteiger partial charge in [-0.1, -0.05) is 60.1 Å². The Balaban J connectivity index is 2.32. The van der Waals surface area contributed by atoms with Crippen molar-refractivity contribution < 1.29 is 0 Å². The highest BCUT2D eigenvalue weighted by atomic mass is 35.5. The predicted octanol–water partition coefficient (Wildman–Crippen LogP) is 5.19. The summed E-state index contributed by atoms with van der Waals surface area (Å²) in [6.45, 7) is 0. The van der Waals surface area contributed by atoms with Crippen LogP contribution < -0.4 is 5.73 Å². The van der Waals surface area contributed by atoms with Crippen LogP contribution in [-0.4, -0.2) is 0 Å². The van der Waals surface area contributed by atoms with Gasteiger partial charge in [-0.05, 0) is 11.6 Å². The number of anilines is 1. The standard InChI is InChI=1S/C17H11ClN2S/c18-13-9-5-4-8-12(13)17-15(11-6-2-1-3-7-11)16(20)14(10-19)21-17/h1-9H,20H2. The molecule has 0 aliphatic rings. The van der Waals surface area contributed by atoms with E-state index in [0.29, 0.717) is 15.6 Å². The fourth-order valence-electron chi connectivity index (χ4n) is 2.25. The molecule has 2 aromatic carbocycles. The van der Waals surface area contributed by atoms with Gasteiger partial charge in [-0.25, -0.2) is 0 Å². The first-order valence-corrected chi connectivity index (χ1v) is 7.54. The highest BCUT2D eigenvalue weighted by Crippen LogP contribution is 2.46. The van der Waals surface area contributed by atoms with E-state index in [2.05, 4.69) is 6.07 Å². The minimum absolute atomic E-state index is 0.517. The average molecular weight is 311 g/mol. The van der Waals surface area contributed by atoms with Gasteiger partial charge in [-0.15, -0.1) is 11.3 Å². The predicted molar refractivity (Wildman–Crippen MR) is 89.3 cm³/mol. The molecule has 2 nitrogen and oxygen atoms in total. The molecule has 4 heteroatoms. The van der Waals surface area contributed by atoms with Gasteiger partial charge in [0.2, 0.25) is 0 Å². The largest absolute Gasteiger partial charge is 0.396 e. The van der Waals surface area contributed by atoms with Gasteiger partial charge < -0.3 is 5.73 Å². The van der Waals surface area contributed by atoms with Gasteiger partial charge in [0.05, 0.1) is 5.69 Å². The first-order valence-electron chi connectivity index (χ1n) is 6.35. The van der Waals surface area contributed by atoms with Crippen LogP contribution in [0.15, 0.2) is 54.6 Å². The van der Waals surface area contributed by atoms with Gasteiger partial charge in [0.1, 0.15) is 10.9 Å². The van der Waals surface area contributed by atoms with Gasteiger partial charge >= 0.3 is 0 Å². The maximum atomic E-state index is 9.27. The number of thiophene rings is 1. The SMILES string of the molecule is N#Cc1sc(-c2ccccc2Cl)c(-c2ccccc2)c1N. The highest BCUT2D eigenvalue weighted by Gasteiger charge is 2.19. The van der Waals surface area contributed by atoms with E-state index in [-0.39, 0.29) is 0 Å². The molecule has 21 heavy (non-hydrogen) atoms. The lowest BCUT2D eigenvalue weighted by Gasteiger charge is -2.07. The number of benzene rings is 2. The lowest BCUT2D eigenvalue weighted by molar-refractivity contribution is 1.52. The summed E-state index contributed by atoms with van der Waals surface area (Å²) in [5.74, 6) is 0. The Morgan fingerprint density at radius 1 is 1.00 bits per heavy atom. The molecule has 1 heterocycles. The molecule has 0 unspecified atom stereocenters. The van der Waals surface area contributed by atoms with Gasteiger partial charge in [0, 0.05) is 21.0 Å². The van der Waals surface area contributed by atoms with E-state index in [4.69, 9.17) is 17.3 Å². The molecule has 0 atom stereocenters. The summed E-state index contributed by atoms with van der Waals surface area (Å²) in [5, 5.41) is 9.92. The second kappa shape index (κ2) is 5.61. The van der Waals surface area contributed by atoms with Crippen molar-refractivity contribution in [2.45, 2.75) is 0 Å². The van der Waals surface area contributed by atoms with Gasteiger partial charge in [-0.3, -0.25) is 0 Å². The van der Waals surface area contributed by atoms with Crippen molar-refractivity contribution >= 4 is 28.6 Å². The van der Waals surface area contributed by atoms with E-state index in [9.17, 15) is 5.26 Å². The molecule has 0 radical (unpaired) electrons. The summed E-state index contributed by atoms with van der Waals surface area (Å²) in [5.41, 5.74) is 9.46. The van der Waals surface area contributed by atoms with E-state index in [0.717, 1.165) is 21.6 Å². The molecule has 0 bridgehead atoms. The average Bonchev–Trinajstić information content (AvgIpc) is 2.85. The number of nitrogens with two attached hydrogens (primary N) is 1. The molecule has 102 valence electrons. The number of nitrogen functional groups attached to an aromatic ring is 1. The number of nitrogens with zero attached hydrogens (tertiary/aromatic N) is 1. The summed E-state index contributed by atoms with van der Waals surface area (Å²) in [6, 6.07) is 19.6. The highest BCUT2D eigenvalue weighted by molar-refractivity contribution is 7.17. The third-order valence-electron chi connectivity index (χ3n) is 3.23. The van der Waals surface area contributed by atoms with E-state index >= 15 is 0 Å². The first-order chi connectivity index (χ1) is 10.2. The molecule has 0 saturated heterocycles. The second-order valence-corrected chi connectivity index (χ2v) is 5.93. The van der Waals surface area contributed by atoms with Crippen molar-refractivity contribution in [2.24, 2.45) is 0 Å². The van der Waals surface area contributed by atoms with Crippen LogP contribution in [0.4, 0.5) is 5.69 Å². The molecule has 0 fully saturated rings. The Kier molecular flexibility index (Phi) is 3.66. The zero-order valence-corrected chi connectivity index (χ0v) is 12.6. The monoisotopic (exact) mass is 310 g/mol. The summed E-state index contributed by atoms with van der Waals surface area (Å²) in [7, 11) is 0. The summed E-state index contributed by atoms with van der Waals surface area (Å²) in [6.07, 6.45) is 0. The topological polar surface area (TPSA) is 49.8 Å². The number of rotatable bonds is 2. The van der Waals surface area contributed by atoms with Crippen molar-refractivity contribution in [1.82, 2.24) is 0 Å². The normalized spacial score (nSPS) is 10.3. The van der Waals surface area contributed by atoms with Crippen molar-refractivity contribution in [3.8, 4) is 27.6 Å². The van der Waals surface area contributed by atoms with Crippen molar-refractivity contribution in [3.63, 3.8) is 0 Å². The van der Waals surface area contributed by atoms with E-state index in [1.54, 1.807) is 0 Å². The molecular weight excluding hydrogens is 300 g/mol. The Labute approximate surface area is 132 Å². The summed E-state index contributed by atoms with van der Waals surface area (Å²) >= 11 is 7.68. The maximum Gasteiger partial charge on any atom is 0.129 e. The van der Waals surface area contributed by atoms with Crippen LogP contribution in [0.25, 0.3) is 21.6 Å². The third kappa shape index (κ3) is 2.40. The molecule has 3 aromatic rings. The molecule has 0 amide bonds. The molecule has 0 aliphatic carbocycles. The Bertz CT molecular complexity index is 832. The van der Waals surface area contributed by atoms with Crippen LogP contribution in [0.5, 0.6) is 0 Å². The quantitative estimate of drug-likeness (QED) is 0.708. The molecule has 0 spiro atoms. The zero-order valence-electron chi connectivity index (χ0n) is 11.0. The van der Waals surface area contributed by atoms with Crippen LogP contribution >= 0.6 is 22.9 Å². The molecule has 0 saturated carbocycles. The Morgan fingerprint density at radius 3 is 2.33 bits per heavy atom. The van der Waals surface area contributed by atoms with Crippen molar-refractivity contribution in [3.05, 3.63) is 64.5 Å². The minimum Gasteiger partial charge on any atom is -0.396 e. The van der Waals surface area contributed by atoms with E-state index in [1.165, 1.54) is 11.3 Å². The Morgan fingerprint density at radius 2 is 1.67 bits per heavy atom. The van der Waals surface area contributed by atoms with Crippen LogP contribution in [0, 0.1) is 11.3 Å². The van der Waals surface area contributed by atoms with E-state index < -0.39 is 0 Å². The lowest BCUT2D eigenvalue weighted by atomic mass is 10.0. The Hall–Kier alpha value is -2.28. The summed E-state index contributed by atoms with van der Waals surface area (Å²) in [4.78, 5) is 1.45. The molecular formula is C17H11ClN2S. The number of nitriles is 1. The fraction of sp³-hybridized carbons (Fsp3) is 0. The number of hydrogen-bond donors (Lipinski definition) is 1. The van der Waals surface area contributed by atoms with Gasteiger partial charge in [-0.2, -0.15) is 5.26 Å². The number of hydrogen-bond acceptors (Lipinski definition) is 3. The van der Waals surface area contributed by atoms with Crippen molar-refractivity contribution in [2.75, 3.05) is 5.73 Å². The van der Waals surface area contributed by atoms with Gasteiger partial charge in [0.25, 0.3) is 0 Å². The van der Waals surface area contributed by atoms with Crippen LogP contribution in [0.2, 0.25) is 5.02 Å². The lowest BCUT2D eigenvalue weighted by Crippen LogP contribution is -1.89. The molecule has 3 rings (SSSR count). The van der Waals surface area contributed by atoms with E-state index in [1.807, 2.05) is 54.6 Å². The summed E-state index contributed by atoms with van der Waals surface area (Å²) < 4.78 is 0. The fourth-order valence-corrected chi connectivity index (χ4v) is 3.62. The molecule has 2 N–H and O–H groups in total. The van der Waals surface area contributed by atoms with Crippen molar-refractivity contribution in [1.29, 1.82) is 5.26 Å². The first kappa shape index (κ1) is 13.7. The zero-order chi connectivity index (χ0) is 14.8. The molecule has 1 aromatic heterocycles. The second-order valence-electron chi connectivity index (χ2n) is 4.51. The smallest absolute Gasteiger partial charge is 0.129 e. The van der Waals surface area contributed by atoms with Crippen LogP contribution in [0.3, 0.4) is 0 Å². The van der Waals surface area contributed by atoms with Gasteiger partial charge in [0.15, 0.2) is 0 Å². The maximum absolute atomic E-state index is 9.27.